The molecule has 1 aliphatic rings. The third-order valence-corrected chi connectivity index (χ3v) is 6.64. The number of rotatable bonds is 0. The third kappa shape index (κ3) is 5.07. The summed E-state index contributed by atoms with van der Waals surface area (Å²) in [6, 6.07) is 7.73. The van der Waals surface area contributed by atoms with Crippen molar-refractivity contribution in [2.24, 2.45) is 7.05 Å². The van der Waals surface area contributed by atoms with Gasteiger partial charge in [-0.3, -0.25) is 0 Å². The molecule has 3 heterocycles. The minimum atomic E-state index is 0.656. The van der Waals surface area contributed by atoms with Gasteiger partial charge in [-0.2, -0.15) is 0 Å². The van der Waals surface area contributed by atoms with E-state index >= 15 is 0 Å². The fourth-order valence-corrected chi connectivity index (χ4v) is 3.67. The lowest BCUT2D eigenvalue weighted by atomic mass is 10.3. The highest BCUT2D eigenvalue weighted by Gasteiger charge is 2.06. The van der Waals surface area contributed by atoms with E-state index in [4.69, 9.17) is 27.9 Å². The first-order chi connectivity index (χ1) is 13.5. The van der Waals surface area contributed by atoms with E-state index in [1.165, 1.54) is 12.8 Å². The number of aromatic amines is 1. The Labute approximate surface area is 189 Å². The van der Waals surface area contributed by atoms with Crippen molar-refractivity contribution in [3.05, 3.63) is 55.9 Å². The van der Waals surface area contributed by atoms with Crippen LogP contribution in [0.5, 0.6) is 0 Å². The molecule has 148 valence electrons. The average Bonchev–Trinajstić information content (AvgIpc) is 3.45. The van der Waals surface area contributed by atoms with Crippen LogP contribution < -0.4 is 0 Å². The maximum atomic E-state index is 6.02. The van der Waals surface area contributed by atoms with Crippen LogP contribution >= 0.6 is 55.1 Å². The van der Waals surface area contributed by atoms with E-state index in [-0.39, 0.29) is 0 Å². The fourth-order valence-electron chi connectivity index (χ4n) is 2.60. The van der Waals surface area contributed by atoms with Gasteiger partial charge in [0, 0.05) is 29.2 Å². The maximum Gasteiger partial charge on any atom is 0.108 e. The number of aryl methyl sites for hydroxylation is 1. The van der Waals surface area contributed by atoms with Crippen molar-refractivity contribution in [3.63, 3.8) is 0 Å². The Morgan fingerprint density at radius 1 is 0.964 bits per heavy atom. The summed E-state index contributed by atoms with van der Waals surface area (Å²) in [6.07, 6.45) is 5.94. The van der Waals surface area contributed by atoms with Crippen molar-refractivity contribution >= 4 is 77.1 Å². The van der Waals surface area contributed by atoms with Gasteiger partial charge in [0.1, 0.15) is 11.0 Å². The van der Waals surface area contributed by atoms with Crippen LogP contribution in [-0.4, -0.2) is 32.7 Å². The number of aromatic nitrogens is 4. The molecular formula is C19H18Br2Cl2N4O. The van der Waals surface area contributed by atoms with Gasteiger partial charge in [-0.1, -0.05) is 23.2 Å². The lowest BCUT2D eigenvalue weighted by Gasteiger charge is -1.97. The van der Waals surface area contributed by atoms with Gasteiger partial charge in [-0.05, 0) is 69.0 Å². The van der Waals surface area contributed by atoms with Crippen molar-refractivity contribution in [3.8, 4) is 0 Å². The van der Waals surface area contributed by atoms with E-state index in [1.54, 1.807) is 12.7 Å². The molecule has 0 aliphatic carbocycles. The van der Waals surface area contributed by atoms with Crippen LogP contribution in [0.2, 0.25) is 10.0 Å². The third-order valence-electron chi connectivity index (χ3n) is 4.10. The van der Waals surface area contributed by atoms with Gasteiger partial charge in [0.05, 0.1) is 33.7 Å². The molecular weight excluding hydrogens is 531 g/mol. The van der Waals surface area contributed by atoms with Crippen molar-refractivity contribution in [1.82, 2.24) is 19.5 Å². The molecule has 1 N–H and O–H groups in total. The van der Waals surface area contributed by atoms with Crippen molar-refractivity contribution in [1.29, 1.82) is 0 Å². The van der Waals surface area contributed by atoms with Crippen LogP contribution in [0.3, 0.4) is 0 Å². The highest BCUT2D eigenvalue weighted by Crippen LogP contribution is 2.29. The van der Waals surface area contributed by atoms with Gasteiger partial charge in [-0.15, -0.1) is 0 Å². The summed E-state index contributed by atoms with van der Waals surface area (Å²) in [5, 5.41) is 1.33. The van der Waals surface area contributed by atoms with Crippen molar-refractivity contribution in [2.75, 3.05) is 13.2 Å². The molecule has 1 fully saturated rings. The molecule has 9 heteroatoms. The van der Waals surface area contributed by atoms with E-state index in [9.17, 15) is 0 Å². The number of H-pyrrole nitrogens is 1. The average molecular weight is 549 g/mol. The molecule has 0 amide bonds. The number of hydrogen-bond acceptors (Lipinski definition) is 3. The molecule has 5 rings (SSSR count). The minimum Gasteiger partial charge on any atom is -0.381 e. The second-order valence-corrected chi connectivity index (χ2v) is 8.53. The number of halogens is 4. The molecule has 28 heavy (non-hydrogen) atoms. The predicted molar refractivity (Wildman–Crippen MR) is 122 cm³/mol. The zero-order valence-corrected chi connectivity index (χ0v) is 19.7. The summed E-state index contributed by atoms with van der Waals surface area (Å²) >= 11 is 18.6. The second kappa shape index (κ2) is 10.1. The Morgan fingerprint density at radius 3 is 2.25 bits per heavy atom. The van der Waals surface area contributed by atoms with E-state index in [1.807, 2.05) is 35.9 Å². The van der Waals surface area contributed by atoms with E-state index in [0.29, 0.717) is 10.0 Å². The summed E-state index contributed by atoms with van der Waals surface area (Å²) < 4.78 is 8.64. The Kier molecular flexibility index (Phi) is 7.77. The lowest BCUT2D eigenvalue weighted by Crippen LogP contribution is -1.83. The SMILES string of the molecule is C1CCOC1.Clc1c(Br)ccc2[nH]cnc12.Cn1cnc2c(Cl)c(Br)ccc21. The van der Waals surface area contributed by atoms with Crippen LogP contribution in [0.15, 0.2) is 45.9 Å². The Morgan fingerprint density at radius 2 is 1.61 bits per heavy atom. The number of fused-ring (bicyclic) bond motifs is 2. The van der Waals surface area contributed by atoms with Crippen LogP contribution in [-0.2, 0) is 11.8 Å². The topological polar surface area (TPSA) is 55.7 Å². The first-order valence-corrected chi connectivity index (χ1v) is 10.9. The van der Waals surface area contributed by atoms with Gasteiger partial charge in [0.25, 0.3) is 0 Å². The van der Waals surface area contributed by atoms with Gasteiger partial charge >= 0.3 is 0 Å². The van der Waals surface area contributed by atoms with E-state index in [2.05, 4.69) is 46.8 Å². The monoisotopic (exact) mass is 546 g/mol. The molecule has 0 atom stereocenters. The zero-order valence-electron chi connectivity index (χ0n) is 15.1. The molecule has 0 unspecified atom stereocenters. The molecule has 0 radical (unpaired) electrons. The summed E-state index contributed by atoms with van der Waals surface area (Å²) in [5.74, 6) is 0. The van der Waals surface area contributed by atoms with E-state index in [0.717, 1.165) is 44.2 Å². The molecule has 5 nitrogen and oxygen atoms in total. The van der Waals surface area contributed by atoms with Gasteiger partial charge < -0.3 is 14.3 Å². The van der Waals surface area contributed by atoms with Crippen LogP contribution in [0, 0.1) is 0 Å². The van der Waals surface area contributed by atoms with Gasteiger partial charge in [0.15, 0.2) is 0 Å². The van der Waals surface area contributed by atoms with Crippen molar-refractivity contribution in [2.45, 2.75) is 12.8 Å². The fraction of sp³-hybridized carbons (Fsp3) is 0.263. The number of hydrogen-bond donors (Lipinski definition) is 1. The van der Waals surface area contributed by atoms with Gasteiger partial charge in [-0.25, -0.2) is 9.97 Å². The van der Waals surface area contributed by atoms with Crippen LogP contribution in [0.25, 0.3) is 22.1 Å². The molecule has 4 aromatic rings. The van der Waals surface area contributed by atoms with Gasteiger partial charge in [0.2, 0.25) is 0 Å². The number of nitrogens with zero attached hydrogens (tertiary/aromatic N) is 3. The minimum absolute atomic E-state index is 0.656. The smallest absolute Gasteiger partial charge is 0.108 e. The summed E-state index contributed by atoms with van der Waals surface area (Å²) in [4.78, 5) is 11.2. The highest BCUT2D eigenvalue weighted by molar-refractivity contribution is 9.10. The summed E-state index contributed by atoms with van der Waals surface area (Å²) in [5.41, 5.74) is 3.65. The Balaban J connectivity index is 0.000000130. The molecule has 0 spiro atoms. The first kappa shape index (κ1) is 21.6. The van der Waals surface area contributed by atoms with Crippen molar-refractivity contribution < 1.29 is 4.74 Å². The molecule has 2 aromatic carbocycles. The number of benzene rings is 2. The lowest BCUT2D eigenvalue weighted by molar-refractivity contribution is 0.198. The quantitative estimate of drug-likeness (QED) is 0.264. The highest BCUT2D eigenvalue weighted by atomic mass is 79.9. The summed E-state index contributed by atoms with van der Waals surface area (Å²) in [6.45, 7) is 2.00. The molecule has 1 aliphatic heterocycles. The van der Waals surface area contributed by atoms with Crippen LogP contribution in [0.1, 0.15) is 12.8 Å². The Bertz CT molecular complexity index is 1070. The number of nitrogens with one attached hydrogen (secondary N) is 1. The number of imidazole rings is 2. The molecule has 1 saturated heterocycles. The standard InChI is InChI=1S/C8H6BrClN2.C7H4BrClN2.C4H8O/c1-12-4-11-8-6(12)3-2-5(9)7(8)10;8-4-1-2-5-7(6(4)9)11-3-10-5;1-2-4-5-3-1/h2-4H,1H3;1-3H,(H,10,11);1-4H2. The molecule has 2 aromatic heterocycles. The normalized spacial score (nSPS) is 13.2. The number of ether oxygens (including phenoxy) is 1. The molecule has 0 saturated carbocycles. The summed E-state index contributed by atoms with van der Waals surface area (Å²) in [7, 11) is 1.94. The van der Waals surface area contributed by atoms with E-state index < -0.39 is 0 Å². The Hall–Kier alpha value is -1.12. The first-order valence-electron chi connectivity index (χ1n) is 8.59. The second-order valence-electron chi connectivity index (χ2n) is 6.06. The predicted octanol–water partition coefficient (Wildman–Crippen LogP) is 6.76. The maximum absolute atomic E-state index is 6.02. The largest absolute Gasteiger partial charge is 0.381 e. The molecule has 0 bridgehead atoms. The zero-order chi connectivity index (χ0) is 20.1. The van der Waals surface area contributed by atoms with Crippen LogP contribution in [0.4, 0.5) is 0 Å².